The quantitative estimate of drug-likeness (QED) is 0.129. The lowest BCUT2D eigenvalue weighted by Gasteiger charge is -2.41. The number of nitrogens with zero attached hydrogens (tertiary/aromatic N) is 3. The topological polar surface area (TPSA) is 147 Å². The van der Waals surface area contributed by atoms with Gasteiger partial charge in [0.2, 0.25) is 23.6 Å². The minimum Gasteiger partial charge on any atom is -0.430 e. The van der Waals surface area contributed by atoms with Gasteiger partial charge in [-0.15, -0.1) is 0 Å². The standard InChI is InChI=1S/C43H71N5O8/c1-15-29(8)38(47(12)42(52)36(26(2)3)45-41(51)37(27(4)5)46(10)11)34(54-13)25-35(49)48-23-19-22-33(48)39(55-14)30(9)40(50)44-32(43(53)56-28(6)7)24-31-20-17-16-18-21-31/h16-18,20-21,26-27,29-30,32-34,36-39H,6,15,19,22-25H2,1-5,7-14H3,(H,44,50)(H,45,51)/t29-,30+,32-,33-,34+,36-,37-,38-,39+/m0/s1. The Kier molecular flexibility index (Phi) is 19.7. The molecule has 0 aromatic heterocycles. The van der Waals surface area contributed by atoms with Gasteiger partial charge in [0.1, 0.15) is 12.1 Å². The van der Waals surface area contributed by atoms with Crippen molar-refractivity contribution in [1.82, 2.24) is 25.3 Å². The predicted octanol–water partition coefficient (Wildman–Crippen LogP) is 4.44. The summed E-state index contributed by atoms with van der Waals surface area (Å²) in [6.07, 6.45) is 0.968. The summed E-state index contributed by atoms with van der Waals surface area (Å²) in [5, 5.41) is 5.91. The van der Waals surface area contributed by atoms with Crippen LogP contribution < -0.4 is 10.6 Å². The first-order valence-electron chi connectivity index (χ1n) is 20.1. The molecule has 13 heteroatoms. The molecule has 0 aliphatic carbocycles. The predicted molar refractivity (Wildman–Crippen MR) is 218 cm³/mol. The third-order valence-corrected chi connectivity index (χ3v) is 11.1. The molecule has 0 unspecified atom stereocenters. The zero-order valence-electron chi connectivity index (χ0n) is 36.3. The third-order valence-electron chi connectivity index (χ3n) is 11.1. The van der Waals surface area contributed by atoms with Crippen molar-refractivity contribution in [1.29, 1.82) is 0 Å². The van der Waals surface area contributed by atoms with Gasteiger partial charge in [0.05, 0.1) is 48.4 Å². The molecule has 1 aromatic rings. The van der Waals surface area contributed by atoms with E-state index in [1.54, 1.807) is 37.8 Å². The first-order valence-corrected chi connectivity index (χ1v) is 20.1. The molecule has 2 N–H and O–H groups in total. The zero-order valence-corrected chi connectivity index (χ0v) is 36.3. The Morgan fingerprint density at radius 3 is 2.04 bits per heavy atom. The molecular weight excluding hydrogens is 714 g/mol. The van der Waals surface area contributed by atoms with Gasteiger partial charge in [0.15, 0.2) is 0 Å². The van der Waals surface area contributed by atoms with E-state index in [1.807, 2.05) is 90.9 Å². The normalized spacial score (nSPS) is 18.7. The number of nitrogens with one attached hydrogen (secondary N) is 2. The monoisotopic (exact) mass is 786 g/mol. The highest BCUT2D eigenvalue weighted by Gasteiger charge is 2.43. The smallest absolute Gasteiger partial charge is 0.334 e. The Labute approximate surface area is 336 Å². The molecule has 9 atom stereocenters. The number of carbonyl (C=O) groups is 5. The van der Waals surface area contributed by atoms with Gasteiger partial charge in [0.25, 0.3) is 0 Å². The number of methoxy groups -OCH3 is 2. The van der Waals surface area contributed by atoms with Gasteiger partial charge in [-0.3, -0.25) is 24.1 Å². The summed E-state index contributed by atoms with van der Waals surface area (Å²) < 4.78 is 17.3. The van der Waals surface area contributed by atoms with Gasteiger partial charge in [-0.05, 0) is 57.2 Å². The molecule has 0 saturated carbocycles. The molecule has 1 aliphatic rings. The largest absolute Gasteiger partial charge is 0.430 e. The molecule has 1 aromatic carbocycles. The second kappa shape index (κ2) is 22.8. The summed E-state index contributed by atoms with van der Waals surface area (Å²) in [7, 11) is 8.50. The van der Waals surface area contributed by atoms with Crippen molar-refractivity contribution in [2.45, 2.75) is 130 Å². The van der Waals surface area contributed by atoms with Crippen molar-refractivity contribution in [3.63, 3.8) is 0 Å². The Balaban J connectivity index is 2.31. The van der Waals surface area contributed by atoms with E-state index in [1.165, 1.54) is 7.11 Å². The highest BCUT2D eigenvalue weighted by atomic mass is 16.5. The molecule has 0 radical (unpaired) electrons. The fourth-order valence-corrected chi connectivity index (χ4v) is 8.00. The summed E-state index contributed by atoms with van der Waals surface area (Å²) in [5.41, 5.74) is 0.851. The van der Waals surface area contributed by atoms with Gasteiger partial charge in [-0.1, -0.05) is 91.8 Å². The number of hydrogen-bond donors (Lipinski definition) is 2. The van der Waals surface area contributed by atoms with E-state index in [0.717, 1.165) is 18.4 Å². The van der Waals surface area contributed by atoms with E-state index in [4.69, 9.17) is 14.2 Å². The average molecular weight is 786 g/mol. The molecule has 316 valence electrons. The fraction of sp³-hybridized carbons (Fsp3) is 0.698. The summed E-state index contributed by atoms with van der Waals surface area (Å²) in [6, 6.07) is 6.32. The van der Waals surface area contributed by atoms with Crippen LogP contribution in [0.25, 0.3) is 0 Å². The van der Waals surface area contributed by atoms with Crippen LogP contribution in [-0.2, 0) is 44.6 Å². The van der Waals surface area contributed by atoms with Gasteiger partial charge >= 0.3 is 5.97 Å². The molecule has 0 bridgehead atoms. The van der Waals surface area contributed by atoms with E-state index >= 15 is 0 Å². The number of carbonyl (C=O) groups excluding carboxylic acids is 5. The van der Waals surface area contributed by atoms with Gasteiger partial charge in [0, 0.05) is 34.2 Å². The Bertz CT molecular complexity index is 1440. The van der Waals surface area contributed by atoms with Crippen molar-refractivity contribution in [3.05, 3.63) is 48.2 Å². The second-order valence-electron chi connectivity index (χ2n) is 16.3. The Morgan fingerprint density at radius 1 is 0.911 bits per heavy atom. The van der Waals surface area contributed by atoms with Crippen LogP contribution in [0.5, 0.6) is 0 Å². The highest BCUT2D eigenvalue weighted by molar-refractivity contribution is 5.90. The lowest BCUT2D eigenvalue weighted by atomic mass is 9.89. The number of rotatable bonds is 22. The van der Waals surface area contributed by atoms with Crippen LogP contribution in [0, 0.1) is 23.7 Å². The summed E-state index contributed by atoms with van der Waals surface area (Å²) in [4.78, 5) is 74.1. The summed E-state index contributed by atoms with van der Waals surface area (Å²) >= 11 is 0. The number of likely N-dealkylation sites (N-methyl/N-ethyl adjacent to an activating group) is 2. The Hall–Kier alpha value is -3.81. The van der Waals surface area contributed by atoms with Crippen LogP contribution in [0.4, 0.5) is 0 Å². The molecule has 0 spiro atoms. The van der Waals surface area contributed by atoms with E-state index < -0.39 is 60.2 Å². The summed E-state index contributed by atoms with van der Waals surface area (Å²) in [6.45, 7) is 19.3. The lowest BCUT2D eigenvalue weighted by molar-refractivity contribution is -0.148. The van der Waals surface area contributed by atoms with Crippen molar-refractivity contribution < 1.29 is 38.2 Å². The second-order valence-corrected chi connectivity index (χ2v) is 16.3. The minimum absolute atomic E-state index is 0.00269. The molecule has 4 amide bonds. The van der Waals surface area contributed by atoms with Crippen LogP contribution >= 0.6 is 0 Å². The van der Waals surface area contributed by atoms with E-state index in [2.05, 4.69) is 17.2 Å². The molecule has 56 heavy (non-hydrogen) atoms. The average Bonchev–Trinajstić information content (AvgIpc) is 3.62. The third kappa shape index (κ3) is 13.1. The van der Waals surface area contributed by atoms with Gasteiger partial charge in [-0.2, -0.15) is 0 Å². The maximum atomic E-state index is 14.3. The first-order chi connectivity index (χ1) is 26.3. The van der Waals surface area contributed by atoms with Crippen LogP contribution in [-0.4, -0.2) is 129 Å². The van der Waals surface area contributed by atoms with Crippen LogP contribution in [0.1, 0.15) is 86.6 Å². The molecular formula is C43H71N5O8. The van der Waals surface area contributed by atoms with Gasteiger partial charge in [-0.25, -0.2) is 4.79 Å². The van der Waals surface area contributed by atoms with E-state index in [-0.39, 0.29) is 54.1 Å². The summed E-state index contributed by atoms with van der Waals surface area (Å²) in [5.74, 6) is -2.35. The first kappa shape index (κ1) is 48.3. The van der Waals surface area contributed by atoms with E-state index in [0.29, 0.717) is 13.0 Å². The van der Waals surface area contributed by atoms with Crippen LogP contribution in [0.15, 0.2) is 42.7 Å². The molecule has 1 aliphatic heterocycles. The lowest BCUT2D eigenvalue weighted by Crippen LogP contribution is -2.59. The molecule has 1 heterocycles. The Morgan fingerprint density at radius 2 is 1.54 bits per heavy atom. The van der Waals surface area contributed by atoms with Crippen molar-refractivity contribution >= 4 is 29.6 Å². The SMILES string of the molecule is C=C(C)OC(=O)[C@H](Cc1ccccc1)NC(=O)[C@H](C)[C@@H](OC)[C@@H]1CCCN1C(=O)C[C@@H](OC)[C@H]([C@@H](C)CC)N(C)C(=O)[C@@H](NC(=O)[C@H](C(C)C)N(C)C)C(C)C. The highest BCUT2D eigenvalue weighted by Crippen LogP contribution is 2.30. The number of ether oxygens (including phenoxy) is 3. The van der Waals surface area contributed by atoms with E-state index in [9.17, 15) is 24.0 Å². The molecule has 1 saturated heterocycles. The molecule has 13 nitrogen and oxygen atoms in total. The van der Waals surface area contributed by atoms with Crippen molar-refractivity contribution in [2.24, 2.45) is 23.7 Å². The maximum Gasteiger partial charge on any atom is 0.334 e. The van der Waals surface area contributed by atoms with Gasteiger partial charge < -0.3 is 34.6 Å². The zero-order chi connectivity index (χ0) is 42.4. The van der Waals surface area contributed by atoms with Crippen LogP contribution in [0.2, 0.25) is 0 Å². The number of hydrogen-bond acceptors (Lipinski definition) is 9. The maximum absolute atomic E-state index is 14.3. The fourth-order valence-electron chi connectivity index (χ4n) is 8.00. The van der Waals surface area contributed by atoms with Crippen molar-refractivity contribution in [2.75, 3.05) is 41.9 Å². The minimum atomic E-state index is -0.962. The number of amides is 4. The molecule has 1 fully saturated rings. The number of esters is 1. The number of benzene rings is 1. The van der Waals surface area contributed by atoms with Crippen molar-refractivity contribution in [3.8, 4) is 0 Å². The molecule has 2 rings (SSSR count). The number of allylic oxidation sites excluding steroid dienone is 1. The van der Waals surface area contributed by atoms with Crippen LogP contribution in [0.3, 0.4) is 0 Å². The number of likely N-dealkylation sites (tertiary alicyclic amines) is 1.